The molecule has 0 aliphatic carbocycles. The molecule has 1 aliphatic heterocycles. The van der Waals surface area contributed by atoms with Crippen LogP contribution in [0.15, 0.2) is 12.3 Å². The predicted octanol–water partition coefficient (Wildman–Crippen LogP) is 0.647. The number of nitrogens with two attached hydrogens (primary N) is 1. The van der Waals surface area contributed by atoms with E-state index in [4.69, 9.17) is 5.73 Å². The fourth-order valence-electron chi connectivity index (χ4n) is 1.97. The van der Waals surface area contributed by atoms with Gasteiger partial charge in [0, 0.05) is 18.8 Å². The molecule has 5 nitrogen and oxygen atoms in total. The largest absolute Gasteiger partial charge is 0.382 e. The van der Waals surface area contributed by atoms with Gasteiger partial charge < -0.3 is 10.6 Å². The third-order valence-electron chi connectivity index (χ3n) is 2.78. The predicted molar refractivity (Wildman–Crippen MR) is 57.1 cm³/mol. The molecule has 0 spiro atoms. The number of carbonyl (C=O) groups excluding carboxylic acids is 1. The molecule has 0 bridgehead atoms. The molecule has 15 heavy (non-hydrogen) atoms. The van der Waals surface area contributed by atoms with E-state index in [1.54, 1.807) is 16.9 Å². The first-order valence-corrected chi connectivity index (χ1v) is 5.20. The molecule has 2 heterocycles. The van der Waals surface area contributed by atoms with Crippen LogP contribution in [0, 0.1) is 0 Å². The Hall–Kier alpha value is -1.52. The van der Waals surface area contributed by atoms with Gasteiger partial charge in [-0.3, -0.25) is 9.48 Å². The third-order valence-corrected chi connectivity index (χ3v) is 2.78. The smallest absolute Gasteiger partial charge is 0.247 e. The number of likely N-dealkylation sites (tertiary alicyclic amines) is 1. The highest BCUT2D eigenvalue weighted by Crippen LogP contribution is 2.24. The van der Waals surface area contributed by atoms with Crippen LogP contribution < -0.4 is 5.73 Å². The van der Waals surface area contributed by atoms with Crippen molar-refractivity contribution in [3.63, 3.8) is 0 Å². The topological polar surface area (TPSA) is 64.2 Å². The summed E-state index contributed by atoms with van der Waals surface area (Å²) in [5, 5.41) is 4.08. The van der Waals surface area contributed by atoms with Crippen LogP contribution in [-0.4, -0.2) is 33.2 Å². The number of carbonyl (C=O) groups is 1. The van der Waals surface area contributed by atoms with Crippen molar-refractivity contribution < 1.29 is 4.79 Å². The molecule has 1 aliphatic rings. The average molecular weight is 208 g/mol. The maximum Gasteiger partial charge on any atom is 0.247 e. The highest BCUT2D eigenvalue weighted by molar-refractivity contribution is 5.82. The second kappa shape index (κ2) is 3.56. The van der Waals surface area contributed by atoms with Crippen LogP contribution in [0.5, 0.6) is 0 Å². The second-order valence-electron chi connectivity index (χ2n) is 4.15. The van der Waals surface area contributed by atoms with Crippen LogP contribution >= 0.6 is 0 Å². The zero-order valence-corrected chi connectivity index (χ0v) is 9.05. The summed E-state index contributed by atoms with van der Waals surface area (Å²) in [5.74, 6) is 0.610. The maximum absolute atomic E-state index is 12.0. The van der Waals surface area contributed by atoms with Crippen LogP contribution in [0.4, 0.5) is 5.82 Å². The number of hydrogen-bond acceptors (Lipinski definition) is 3. The first-order chi connectivity index (χ1) is 7.09. The quantitative estimate of drug-likeness (QED) is 0.776. The Morgan fingerprint density at radius 1 is 1.60 bits per heavy atom. The normalized spacial score (nSPS) is 21.7. The lowest BCUT2D eigenvalue weighted by atomic mass is 10.2. The standard InChI is InChI=1S/C10H16N4O/c1-7(2)13-5-3-8(10(13)15)14-6-4-9(11)12-14/h4,6-8H,3,5H2,1-2H3,(H2,11,12). The number of nitrogen functional groups attached to an aromatic ring is 1. The lowest BCUT2D eigenvalue weighted by Crippen LogP contribution is -2.34. The van der Waals surface area contributed by atoms with Crippen molar-refractivity contribution in [3.8, 4) is 0 Å². The number of hydrogen-bond donors (Lipinski definition) is 1. The Bertz CT molecular complexity index is 371. The van der Waals surface area contributed by atoms with E-state index in [-0.39, 0.29) is 18.0 Å². The van der Waals surface area contributed by atoms with Crippen LogP contribution in [0.1, 0.15) is 26.3 Å². The van der Waals surface area contributed by atoms with E-state index in [2.05, 4.69) is 5.10 Å². The number of rotatable bonds is 2. The van der Waals surface area contributed by atoms with Gasteiger partial charge in [0.15, 0.2) is 0 Å². The molecule has 2 rings (SSSR count). The van der Waals surface area contributed by atoms with Gasteiger partial charge in [0.05, 0.1) is 0 Å². The van der Waals surface area contributed by atoms with Crippen molar-refractivity contribution in [2.75, 3.05) is 12.3 Å². The molecule has 82 valence electrons. The molecule has 5 heteroatoms. The van der Waals surface area contributed by atoms with Crippen LogP contribution in [0.3, 0.4) is 0 Å². The lowest BCUT2D eigenvalue weighted by Gasteiger charge is -2.20. The number of aromatic nitrogens is 2. The molecule has 1 aromatic heterocycles. The first-order valence-electron chi connectivity index (χ1n) is 5.20. The van der Waals surface area contributed by atoms with Gasteiger partial charge in [-0.1, -0.05) is 0 Å². The molecule has 1 unspecified atom stereocenters. The van der Waals surface area contributed by atoms with Gasteiger partial charge >= 0.3 is 0 Å². The van der Waals surface area contributed by atoms with Gasteiger partial charge in [-0.15, -0.1) is 0 Å². The molecule has 1 amide bonds. The highest BCUT2D eigenvalue weighted by atomic mass is 16.2. The fraction of sp³-hybridized carbons (Fsp3) is 0.600. The SMILES string of the molecule is CC(C)N1CCC(n2ccc(N)n2)C1=O. The molecule has 0 aromatic carbocycles. The lowest BCUT2D eigenvalue weighted by molar-refractivity contribution is -0.132. The summed E-state index contributed by atoms with van der Waals surface area (Å²) in [5.41, 5.74) is 5.53. The summed E-state index contributed by atoms with van der Waals surface area (Å²) >= 11 is 0. The van der Waals surface area contributed by atoms with Crippen molar-refractivity contribution in [1.82, 2.24) is 14.7 Å². The fourth-order valence-corrected chi connectivity index (χ4v) is 1.97. The first kappa shape index (κ1) is 10.0. The molecule has 2 N–H and O–H groups in total. The van der Waals surface area contributed by atoms with Crippen LogP contribution in [0.25, 0.3) is 0 Å². The zero-order chi connectivity index (χ0) is 11.0. The Labute approximate surface area is 88.8 Å². The van der Waals surface area contributed by atoms with E-state index < -0.39 is 0 Å². The van der Waals surface area contributed by atoms with E-state index in [0.717, 1.165) is 13.0 Å². The minimum absolute atomic E-state index is 0.146. The Morgan fingerprint density at radius 3 is 2.80 bits per heavy atom. The Kier molecular flexibility index (Phi) is 2.38. The third kappa shape index (κ3) is 1.69. The minimum Gasteiger partial charge on any atom is -0.382 e. The Morgan fingerprint density at radius 2 is 2.33 bits per heavy atom. The van der Waals surface area contributed by atoms with Crippen molar-refractivity contribution in [2.24, 2.45) is 0 Å². The summed E-state index contributed by atoms with van der Waals surface area (Å²) in [6.45, 7) is 4.86. The molecule has 0 saturated carbocycles. The van der Waals surface area contributed by atoms with Crippen molar-refractivity contribution in [1.29, 1.82) is 0 Å². The van der Waals surface area contributed by atoms with Crippen molar-refractivity contribution in [2.45, 2.75) is 32.4 Å². The number of nitrogens with zero attached hydrogens (tertiary/aromatic N) is 3. The molecule has 1 atom stereocenters. The van der Waals surface area contributed by atoms with Crippen molar-refractivity contribution >= 4 is 11.7 Å². The van der Waals surface area contributed by atoms with Crippen LogP contribution in [-0.2, 0) is 4.79 Å². The molecular formula is C10H16N4O. The molecule has 1 aromatic rings. The average Bonchev–Trinajstić information content (AvgIpc) is 2.71. The van der Waals surface area contributed by atoms with E-state index >= 15 is 0 Å². The van der Waals surface area contributed by atoms with E-state index in [1.165, 1.54) is 0 Å². The molecule has 1 fully saturated rings. The van der Waals surface area contributed by atoms with Crippen molar-refractivity contribution in [3.05, 3.63) is 12.3 Å². The van der Waals surface area contributed by atoms with Gasteiger partial charge in [0.25, 0.3) is 0 Å². The monoisotopic (exact) mass is 208 g/mol. The molecule has 1 saturated heterocycles. The van der Waals surface area contributed by atoms with Gasteiger partial charge in [0.1, 0.15) is 11.9 Å². The van der Waals surface area contributed by atoms with Gasteiger partial charge in [-0.05, 0) is 26.3 Å². The van der Waals surface area contributed by atoms with Gasteiger partial charge in [-0.25, -0.2) is 0 Å². The summed E-state index contributed by atoms with van der Waals surface area (Å²) in [6, 6.07) is 1.81. The summed E-state index contributed by atoms with van der Waals surface area (Å²) < 4.78 is 1.67. The Balaban J connectivity index is 2.17. The maximum atomic E-state index is 12.0. The highest BCUT2D eigenvalue weighted by Gasteiger charge is 2.34. The van der Waals surface area contributed by atoms with Gasteiger partial charge in [-0.2, -0.15) is 5.10 Å². The van der Waals surface area contributed by atoms with Crippen LogP contribution in [0.2, 0.25) is 0 Å². The van der Waals surface area contributed by atoms with E-state index in [1.807, 2.05) is 18.7 Å². The summed E-state index contributed by atoms with van der Waals surface area (Å²) in [4.78, 5) is 13.9. The van der Waals surface area contributed by atoms with Gasteiger partial charge in [0.2, 0.25) is 5.91 Å². The molecular weight excluding hydrogens is 192 g/mol. The second-order valence-corrected chi connectivity index (χ2v) is 4.15. The van der Waals surface area contributed by atoms with E-state index in [0.29, 0.717) is 5.82 Å². The summed E-state index contributed by atoms with van der Waals surface area (Å²) in [6.07, 6.45) is 2.58. The number of amides is 1. The van der Waals surface area contributed by atoms with E-state index in [9.17, 15) is 4.79 Å². The summed E-state index contributed by atoms with van der Waals surface area (Å²) in [7, 11) is 0. The zero-order valence-electron chi connectivity index (χ0n) is 9.05. The minimum atomic E-state index is -0.162. The number of anilines is 1. The molecule has 0 radical (unpaired) electrons.